The number of methoxy groups -OCH3 is 1. The molecule has 2 N–H and O–H groups in total. The Morgan fingerprint density at radius 2 is 1.92 bits per heavy atom. The number of anilines is 2. The number of nitrogens with zero attached hydrogens (tertiary/aromatic N) is 2. The smallest absolute Gasteiger partial charge is 0.274 e. The topological polar surface area (TPSA) is 76.1 Å². The molecule has 0 atom stereocenters. The summed E-state index contributed by atoms with van der Waals surface area (Å²) >= 11 is 0. The highest BCUT2D eigenvalue weighted by molar-refractivity contribution is 6.03. The second kappa shape index (κ2) is 7.92. The number of rotatable bonds is 6. The molecule has 1 amide bonds. The zero-order valence-electron chi connectivity index (χ0n) is 13.8. The van der Waals surface area contributed by atoms with E-state index in [1.165, 1.54) is 0 Å². The van der Waals surface area contributed by atoms with E-state index in [1.807, 2.05) is 36.4 Å². The van der Waals surface area contributed by atoms with Crippen LogP contribution in [0.1, 0.15) is 16.1 Å². The van der Waals surface area contributed by atoms with Crippen LogP contribution in [0.15, 0.2) is 66.9 Å². The van der Waals surface area contributed by atoms with Crippen LogP contribution in [-0.4, -0.2) is 23.0 Å². The van der Waals surface area contributed by atoms with Gasteiger partial charge in [-0.1, -0.05) is 36.4 Å². The fraction of sp³-hybridized carbons (Fsp3) is 0.105. The average molecular weight is 334 g/mol. The van der Waals surface area contributed by atoms with Gasteiger partial charge < -0.3 is 15.4 Å². The van der Waals surface area contributed by atoms with Crippen molar-refractivity contribution in [2.45, 2.75) is 6.54 Å². The van der Waals surface area contributed by atoms with E-state index in [4.69, 9.17) is 4.74 Å². The molecule has 0 fully saturated rings. The third-order valence-corrected chi connectivity index (χ3v) is 3.51. The molecule has 126 valence electrons. The Hall–Kier alpha value is -3.41. The van der Waals surface area contributed by atoms with Crippen LogP contribution in [0, 0.1) is 0 Å². The summed E-state index contributed by atoms with van der Waals surface area (Å²) in [7, 11) is 1.58. The second-order valence-electron chi connectivity index (χ2n) is 5.29. The van der Waals surface area contributed by atoms with Gasteiger partial charge in [0.25, 0.3) is 5.91 Å². The number of carbonyl (C=O) groups is 1. The van der Waals surface area contributed by atoms with Gasteiger partial charge in [-0.05, 0) is 23.8 Å². The van der Waals surface area contributed by atoms with Gasteiger partial charge in [0.05, 0.1) is 7.11 Å². The Morgan fingerprint density at radius 1 is 1.08 bits per heavy atom. The highest BCUT2D eigenvalue weighted by Gasteiger charge is 2.09. The molecule has 0 unspecified atom stereocenters. The fourth-order valence-electron chi connectivity index (χ4n) is 2.24. The zero-order valence-corrected chi connectivity index (χ0v) is 13.8. The molecule has 0 aliphatic heterocycles. The van der Waals surface area contributed by atoms with Crippen molar-refractivity contribution >= 4 is 17.5 Å². The molecule has 3 rings (SSSR count). The van der Waals surface area contributed by atoms with E-state index < -0.39 is 0 Å². The Labute approximate surface area is 145 Å². The van der Waals surface area contributed by atoms with E-state index in [1.54, 1.807) is 37.6 Å². The van der Waals surface area contributed by atoms with E-state index in [2.05, 4.69) is 20.6 Å². The van der Waals surface area contributed by atoms with Crippen molar-refractivity contribution in [1.82, 2.24) is 9.97 Å². The standard InChI is InChI=1S/C19H18N4O2/c1-25-16-9-5-8-15(12-16)22-18(24)17-10-11-20-19(23-17)21-13-14-6-3-2-4-7-14/h2-12H,13H2,1H3,(H,22,24)(H,20,21,23). The summed E-state index contributed by atoms with van der Waals surface area (Å²) in [5, 5.41) is 5.91. The fourth-order valence-corrected chi connectivity index (χ4v) is 2.24. The number of carbonyl (C=O) groups excluding carboxylic acids is 1. The molecule has 0 spiro atoms. The normalized spacial score (nSPS) is 10.1. The van der Waals surface area contributed by atoms with Gasteiger partial charge in [0.2, 0.25) is 5.95 Å². The van der Waals surface area contributed by atoms with Gasteiger partial charge in [-0.15, -0.1) is 0 Å². The number of nitrogens with one attached hydrogen (secondary N) is 2. The summed E-state index contributed by atoms with van der Waals surface area (Å²) < 4.78 is 5.15. The van der Waals surface area contributed by atoms with Gasteiger partial charge in [0.1, 0.15) is 11.4 Å². The third-order valence-electron chi connectivity index (χ3n) is 3.51. The first-order chi connectivity index (χ1) is 12.2. The van der Waals surface area contributed by atoms with E-state index >= 15 is 0 Å². The lowest BCUT2D eigenvalue weighted by Crippen LogP contribution is -2.15. The van der Waals surface area contributed by atoms with Crippen LogP contribution in [0.25, 0.3) is 0 Å². The molecule has 0 saturated carbocycles. The molecule has 6 nitrogen and oxygen atoms in total. The minimum absolute atomic E-state index is 0.286. The highest BCUT2D eigenvalue weighted by Crippen LogP contribution is 2.17. The summed E-state index contributed by atoms with van der Waals surface area (Å²) in [5.41, 5.74) is 2.03. The number of hydrogen-bond acceptors (Lipinski definition) is 5. The van der Waals surface area contributed by atoms with Crippen LogP contribution in [0.3, 0.4) is 0 Å². The number of benzene rings is 2. The third kappa shape index (κ3) is 4.54. The van der Waals surface area contributed by atoms with E-state index in [-0.39, 0.29) is 11.6 Å². The van der Waals surface area contributed by atoms with E-state index in [0.29, 0.717) is 23.9 Å². The maximum atomic E-state index is 12.4. The van der Waals surface area contributed by atoms with Crippen molar-refractivity contribution in [3.05, 3.63) is 78.1 Å². The predicted octanol–water partition coefficient (Wildman–Crippen LogP) is 3.35. The lowest BCUT2D eigenvalue weighted by atomic mass is 10.2. The summed E-state index contributed by atoms with van der Waals surface area (Å²) in [4.78, 5) is 20.8. The molecule has 25 heavy (non-hydrogen) atoms. The van der Waals surface area contributed by atoms with Gasteiger partial charge >= 0.3 is 0 Å². The first kappa shape index (κ1) is 16.4. The van der Waals surface area contributed by atoms with E-state index in [9.17, 15) is 4.79 Å². The van der Waals surface area contributed by atoms with Gasteiger partial charge in [-0.2, -0.15) is 0 Å². The second-order valence-corrected chi connectivity index (χ2v) is 5.29. The van der Waals surface area contributed by atoms with Crippen molar-refractivity contribution in [2.75, 3.05) is 17.7 Å². The summed E-state index contributed by atoms with van der Waals surface area (Å²) in [5.74, 6) is 0.770. The lowest BCUT2D eigenvalue weighted by molar-refractivity contribution is 0.102. The number of hydrogen-bond donors (Lipinski definition) is 2. The van der Waals surface area contributed by atoms with Crippen molar-refractivity contribution in [2.24, 2.45) is 0 Å². The molecular formula is C19H18N4O2. The predicted molar refractivity (Wildman–Crippen MR) is 96.7 cm³/mol. The van der Waals surface area contributed by atoms with Gasteiger partial charge in [0, 0.05) is 24.5 Å². The van der Waals surface area contributed by atoms with Crippen LogP contribution in [0.5, 0.6) is 5.75 Å². The van der Waals surface area contributed by atoms with Crippen molar-refractivity contribution in [3.63, 3.8) is 0 Å². The largest absolute Gasteiger partial charge is 0.497 e. The maximum absolute atomic E-state index is 12.4. The minimum Gasteiger partial charge on any atom is -0.497 e. The lowest BCUT2D eigenvalue weighted by Gasteiger charge is -2.08. The van der Waals surface area contributed by atoms with E-state index in [0.717, 1.165) is 5.56 Å². The first-order valence-electron chi connectivity index (χ1n) is 7.81. The highest BCUT2D eigenvalue weighted by atomic mass is 16.5. The van der Waals surface area contributed by atoms with Crippen LogP contribution >= 0.6 is 0 Å². The Morgan fingerprint density at radius 3 is 2.72 bits per heavy atom. The summed E-state index contributed by atoms with van der Waals surface area (Å²) in [6.07, 6.45) is 1.56. The minimum atomic E-state index is -0.307. The van der Waals surface area contributed by atoms with Crippen molar-refractivity contribution < 1.29 is 9.53 Å². The van der Waals surface area contributed by atoms with Crippen LogP contribution < -0.4 is 15.4 Å². The first-order valence-corrected chi connectivity index (χ1v) is 7.81. The quantitative estimate of drug-likeness (QED) is 0.723. The average Bonchev–Trinajstić information content (AvgIpc) is 2.67. The molecular weight excluding hydrogens is 316 g/mol. The molecule has 3 aromatic rings. The summed E-state index contributed by atoms with van der Waals surface area (Å²) in [6, 6.07) is 18.6. The Balaban J connectivity index is 1.66. The zero-order chi connectivity index (χ0) is 17.5. The molecule has 2 aromatic carbocycles. The molecule has 0 aliphatic carbocycles. The summed E-state index contributed by atoms with van der Waals surface area (Å²) in [6.45, 7) is 0.585. The Kier molecular flexibility index (Phi) is 5.21. The van der Waals surface area contributed by atoms with Crippen molar-refractivity contribution in [1.29, 1.82) is 0 Å². The molecule has 6 heteroatoms. The molecule has 0 aliphatic rings. The Bertz CT molecular complexity index is 853. The molecule has 0 saturated heterocycles. The monoisotopic (exact) mass is 334 g/mol. The van der Waals surface area contributed by atoms with Crippen LogP contribution in [-0.2, 0) is 6.54 Å². The van der Waals surface area contributed by atoms with Crippen LogP contribution in [0.2, 0.25) is 0 Å². The maximum Gasteiger partial charge on any atom is 0.274 e. The molecule has 1 heterocycles. The van der Waals surface area contributed by atoms with Crippen LogP contribution in [0.4, 0.5) is 11.6 Å². The number of ether oxygens (including phenoxy) is 1. The molecule has 0 radical (unpaired) electrons. The molecule has 0 bridgehead atoms. The number of amides is 1. The SMILES string of the molecule is COc1cccc(NC(=O)c2ccnc(NCc3ccccc3)n2)c1. The van der Waals surface area contributed by atoms with Gasteiger partial charge in [-0.25, -0.2) is 9.97 Å². The van der Waals surface area contributed by atoms with Crippen molar-refractivity contribution in [3.8, 4) is 5.75 Å². The van der Waals surface area contributed by atoms with Gasteiger partial charge in [-0.3, -0.25) is 4.79 Å². The van der Waals surface area contributed by atoms with Gasteiger partial charge in [0.15, 0.2) is 0 Å². The number of aromatic nitrogens is 2. The molecule has 1 aromatic heterocycles.